The van der Waals surface area contributed by atoms with E-state index in [1.807, 2.05) is 13.8 Å². The minimum atomic E-state index is -0.469. The molecule has 7 heteroatoms. The summed E-state index contributed by atoms with van der Waals surface area (Å²) in [6.45, 7) is 5.02. The van der Waals surface area contributed by atoms with Gasteiger partial charge in [-0.3, -0.25) is 14.9 Å². The van der Waals surface area contributed by atoms with E-state index in [0.717, 1.165) is 11.8 Å². The Bertz CT molecular complexity index is 763. The van der Waals surface area contributed by atoms with E-state index in [-0.39, 0.29) is 11.6 Å². The lowest BCUT2D eigenvalue weighted by atomic mass is 10.2. The molecule has 0 heterocycles. The fourth-order valence-corrected chi connectivity index (χ4v) is 3.60. The molecule has 2 aromatic rings. The van der Waals surface area contributed by atoms with Crippen LogP contribution in [0, 0.1) is 10.1 Å². The third kappa shape index (κ3) is 3.88. The number of rotatable bonds is 6. The van der Waals surface area contributed by atoms with E-state index in [2.05, 4.69) is 0 Å². The molecule has 0 aliphatic carbocycles. The molecular weight excluding hydrogens is 348 g/mol. The second-order valence-corrected chi connectivity index (χ2v) is 6.38. The van der Waals surface area contributed by atoms with Gasteiger partial charge in [0.1, 0.15) is 4.90 Å². The summed E-state index contributed by atoms with van der Waals surface area (Å²) in [5, 5.41) is 11.5. The first-order valence-corrected chi connectivity index (χ1v) is 8.68. The molecule has 0 radical (unpaired) electrons. The molecular formula is C17H17ClN2O3S. The molecule has 126 valence electrons. The van der Waals surface area contributed by atoms with Crippen molar-refractivity contribution in [2.45, 2.75) is 23.6 Å². The van der Waals surface area contributed by atoms with Crippen molar-refractivity contribution in [2.24, 2.45) is 0 Å². The van der Waals surface area contributed by atoms with E-state index in [1.165, 1.54) is 12.1 Å². The third-order valence-corrected chi connectivity index (χ3v) is 5.16. The second-order valence-electron chi connectivity index (χ2n) is 4.92. The van der Waals surface area contributed by atoms with E-state index in [0.29, 0.717) is 33.5 Å². The number of nitrogens with zero attached hydrogens (tertiary/aromatic N) is 2. The number of nitro groups is 1. The van der Waals surface area contributed by atoms with Gasteiger partial charge in [-0.2, -0.15) is 0 Å². The molecule has 0 atom stereocenters. The maximum Gasteiger partial charge on any atom is 0.284 e. The highest BCUT2D eigenvalue weighted by molar-refractivity contribution is 7.99. The van der Waals surface area contributed by atoms with Crippen LogP contribution in [-0.2, 0) is 0 Å². The molecule has 24 heavy (non-hydrogen) atoms. The monoisotopic (exact) mass is 364 g/mol. The van der Waals surface area contributed by atoms with Crippen molar-refractivity contribution in [3.63, 3.8) is 0 Å². The molecule has 0 aromatic heterocycles. The Balaban J connectivity index is 2.46. The summed E-state index contributed by atoms with van der Waals surface area (Å²) in [7, 11) is 0. The molecule has 0 fully saturated rings. The molecule has 1 amide bonds. The van der Waals surface area contributed by atoms with Gasteiger partial charge in [0.05, 0.1) is 15.5 Å². The van der Waals surface area contributed by atoms with Crippen LogP contribution in [0.3, 0.4) is 0 Å². The van der Waals surface area contributed by atoms with Crippen LogP contribution >= 0.6 is 23.4 Å². The highest BCUT2D eigenvalue weighted by Gasteiger charge is 2.22. The van der Waals surface area contributed by atoms with Gasteiger partial charge in [-0.1, -0.05) is 41.6 Å². The number of amides is 1. The minimum absolute atomic E-state index is 0.0717. The Hall–Kier alpha value is -2.05. The predicted molar refractivity (Wildman–Crippen MR) is 95.9 cm³/mol. The molecule has 0 aliphatic heterocycles. The number of nitro benzene ring substituents is 1. The predicted octanol–water partition coefficient (Wildman–Crippen LogP) is 4.88. The molecule has 0 N–H and O–H groups in total. The number of benzene rings is 2. The van der Waals surface area contributed by atoms with E-state index in [9.17, 15) is 14.9 Å². The summed E-state index contributed by atoms with van der Waals surface area (Å²) >= 11 is 7.29. The zero-order chi connectivity index (χ0) is 17.7. The van der Waals surface area contributed by atoms with E-state index < -0.39 is 4.92 Å². The molecule has 2 rings (SSSR count). The van der Waals surface area contributed by atoms with Gasteiger partial charge in [-0.25, -0.2) is 0 Å². The summed E-state index contributed by atoms with van der Waals surface area (Å²) in [6, 6.07) is 11.6. The first-order chi connectivity index (χ1) is 11.5. The summed E-state index contributed by atoms with van der Waals surface area (Å²) in [5.41, 5.74) is 0.443. The van der Waals surface area contributed by atoms with Crippen molar-refractivity contribution >= 4 is 35.0 Å². The molecule has 5 nitrogen and oxygen atoms in total. The number of hydrogen-bond donors (Lipinski definition) is 0. The molecule has 0 saturated heterocycles. The number of carbonyl (C=O) groups excluding carboxylic acids is 1. The maximum absolute atomic E-state index is 12.7. The van der Waals surface area contributed by atoms with Crippen LogP contribution in [0.4, 0.5) is 5.69 Å². The quantitative estimate of drug-likeness (QED) is 0.541. The molecule has 2 aromatic carbocycles. The molecule has 0 saturated carbocycles. The Kier molecular flexibility index (Phi) is 6.23. The van der Waals surface area contributed by atoms with Gasteiger partial charge in [0.25, 0.3) is 11.6 Å². The van der Waals surface area contributed by atoms with Crippen LogP contribution in [0.5, 0.6) is 0 Å². The largest absolute Gasteiger partial charge is 0.339 e. The summed E-state index contributed by atoms with van der Waals surface area (Å²) in [6.07, 6.45) is 0. The lowest BCUT2D eigenvalue weighted by molar-refractivity contribution is -0.387. The van der Waals surface area contributed by atoms with E-state index in [4.69, 9.17) is 11.6 Å². The van der Waals surface area contributed by atoms with Gasteiger partial charge in [0, 0.05) is 24.1 Å². The van der Waals surface area contributed by atoms with Crippen LogP contribution in [0.1, 0.15) is 24.2 Å². The van der Waals surface area contributed by atoms with Crippen molar-refractivity contribution in [3.8, 4) is 0 Å². The average Bonchev–Trinajstić information content (AvgIpc) is 2.58. The van der Waals surface area contributed by atoms with Crippen molar-refractivity contribution in [3.05, 3.63) is 63.2 Å². The molecule has 0 bridgehead atoms. The van der Waals surface area contributed by atoms with Gasteiger partial charge >= 0.3 is 0 Å². The highest BCUT2D eigenvalue weighted by atomic mass is 35.5. The second kappa shape index (κ2) is 8.17. The van der Waals surface area contributed by atoms with Gasteiger partial charge in [0.15, 0.2) is 0 Å². The SMILES string of the molecule is CCN(CC)C(=O)c1ccccc1Sc1c(Cl)cccc1[N+](=O)[O-]. The van der Waals surface area contributed by atoms with Crippen molar-refractivity contribution in [1.82, 2.24) is 4.90 Å². The number of hydrogen-bond acceptors (Lipinski definition) is 4. The van der Waals surface area contributed by atoms with Crippen molar-refractivity contribution in [1.29, 1.82) is 0 Å². The van der Waals surface area contributed by atoms with E-state index in [1.54, 1.807) is 35.2 Å². The average molecular weight is 365 g/mol. The molecule has 0 spiro atoms. The Morgan fingerprint density at radius 2 is 1.83 bits per heavy atom. The third-order valence-electron chi connectivity index (χ3n) is 3.52. The van der Waals surface area contributed by atoms with Gasteiger partial charge < -0.3 is 4.90 Å². The van der Waals surface area contributed by atoms with Gasteiger partial charge in [0.2, 0.25) is 0 Å². The van der Waals surface area contributed by atoms with Gasteiger partial charge in [-0.15, -0.1) is 0 Å². The van der Waals surface area contributed by atoms with E-state index >= 15 is 0 Å². The first-order valence-electron chi connectivity index (χ1n) is 7.48. The smallest absolute Gasteiger partial charge is 0.284 e. The fraction of sp³-hybridized carbons (Fsp3) is 0.235. The molecule has 0 aliphatic rings. The maximum atomic E-state index is 12.7. The summed E-state index contributed by atoms with van der Waals surface area (Å²) < 4.78 is 0. The van der Waals surface area contributed by atoms with Crippen LogP contribution in [0.15, 0.2) is 52.3 Å². The Morgan fingerprint density at radius 3 is 2.46 bits per heavy atom. The fourth-order valence-electron chi connectivity index (χ4n) is 2.27. The Labute approximate surface area is 149 Å². The summed E-state index contributed by atoms with van der Waals surface area (Å²) in [5.74, 6) is -0.0993. The topological polar surface area (TPSA) is 63.5 Å². The van der Waals surface area contributed by atoms with Crippen LogP contribution in [-0.4, -0.2) is 28.8 Å². The zero-order valence-corrected chi connectivity index (χ0v) is 14.9. The minimum Gasteiger partial charge on any atom is -0.339 e. The van der Waals surface area contributed by atoms with Crippen LogP contribution in [0.2, 0.25) is 5.02 Å². The Morgan fingerprint density at radius 1 is 1.17 bits per heavy atom. The zero-order valence-electron chi connectivity index (χ0n) is 13.4. The summed E-state index contributed by atoms with van der Waals surface area (Å²) in [4.78, 5) is 26.1. The van der Waals surface area contributed by atoms with Crippen molar-refractivity contribution in [2.75, 3.05) is 13.1 Å². The lowest BCUT2D eigenvalue weighted by Gasteiger charge is -2.20. The van der Waals surface area contributed by atoms with Gasteiger partial charge in [-0.05, 0) is 32.0 Å². The van der Waals surface area contributed by atoms with Crippen molar-refractivity contribution < 1.29 is 9.72 Å². The normalized spacial score (nSPS) is 10.5. The standard InChI is InChI=1S/C17H17ClN2O3S/c1-3-19(4-2)17(21)12-8-5-6-11-15(12)24-16-13(18)9-7-10-14(16)20(22)23/h5-11H,3-4H2,1-2H3. The number of halogens is 1. The number of carbonyl (C=O) groups is 1. The lowest BCUT2D eigenvalue weighted by Crippen LogP contribution is -2.30. The highest BCUT2D eigenvalue weighted by Crippen LogP contribution is 2.41. The first kappa shape index (κ1) is 18.3. The molecule has 0 unspecified atom stereocenters. The van der Waals surface area contributed by atoms with Crippen LogP contribution < -0.4 is 0 Å². The van der Waals surface area contributed by atoms with Crippen LogP contribution in [0.25, 0.3) is 0 Å².